The number of hydrogen-bond donors (Lipinski definition) is 2. The number of aromatic nitrogens is 3. The molecule has 0 unspecified atom stereocenters. The maximum Gasteiger partial charge on any atom is 0.271 e. The molecule has 2 aromatic carbocycles. The Morgan fingerprint density at radius 2 is 1.92 bits per heavy atom. The van der Waals surface area contributed by atoms with Crippen LogP contribution in [0.15, 0.2) is 46.9 Å². The third-order valence-electron chi connectivity index (χ3n) is 3.53. The smallest absolute Gasteiger partial charge is 0.271 e. The highest BCUT2D eigenvalue weighted by atomic mass is 79.9. The summed E-state index contributed by atoms with van der Waals surface area (Å²) in [6, 6.07) is 13.1. The third-order valence-corrected chi connectivity index (χ3v) is 4.05. The van der Waals surface area contributed by atoms with Gasteiger partial charge in [0, 0.05) is 10.0 Å². The topological polar surface area (TPSA) is 103 Å². The number of methoxy groups -OCH3 is 1. The Balaban J connectivity index is 1.88. The minimum absolute atomic E-state index is 0.0732. The third kappa shape index (κ3) is 3.80. The first-order chi connectivity index (χ1) is 12.1. The molecule has 0 radical (unpaired) electrons. The average molecular weight is 403 g/mol. The molecule has 0 aliphatic rings. The van der Waals surface area contributed by atoms with E-state index in [2.05, 4.69) is 31.3 Å². The van der Waals surface area contributed by atoms with Gasteiger partial charge in [-0.2, -0.15) is 15.4 Å². The molecule has 0 spiro atoms. The zero-order valence-electron chi connectivity index (χ0n) is 13.3. The van der Waals surface area contributed by atoms with E-state index in [1.165, 1.54) is 0 Å². The Bertz CT molecular complexity index is 893. The van der Waals surface area contributed by atoms with Gasteiger partial charge in [0.15, 0.2) is 17.2 Å². The molecule has 0 saturated heterocycles. The van der Waals surface area contributed by atoms with Crippen molar-refractivity contribution in [2.24, 2.45) is 5.73 Å². The number of carbonyl (C=O) groups excluding carboxylic acids is 1. The second-order valence-electron chi connectivity index (χ2n) is 5.17. The second-order valence-corrected chi connectivity index (χ2v) is 6.08. The van der Waals surface area contributed by atoms with E-state index in [1.54, 1.807) is 25.3 Å². The summed E-state index contributed by atoms with van der Waals surface area (Å²) in [6.07, 6.45) is 0. The maximum absolute atomic E-state index is 11.4. The van der Waals surface area contributed by atoms with Crippen LogP contribution in [0.25, 0.3) is 11.3 Å². The molecule has 0 saturated carbocycles. The lowest BCUT2D eigenvalue weighted by atomic mass is 10.1. The Hall–Kier alpha value is -2.87. The summed E-state index contributed by atoms with van der Waals surface area (Å²) in [5.74, 6) is 0.447. The van der Waals surface area contributed by atoms with Gasteiger partial charge in [0.2, 0.25) is 0 Å². The summed E-state index contributed by atoms with van der Waals surface area (Å²) >= 11 is 3.40. The molecule has 0 aliphatic carbocycles. The van der Waals surface area contributed by atoms with Crippen LogP contribution in [0.2, 0.25) is 0 Å². The van der Waals surface area contributed by atoms with E-state index < -0.39 is 5.91 Å². The Kier molecular flexibility index (Phi) is 4.99. The van der Waals surface area contributed by atoms with Crippen molar-refractivity contribution in [1.29, 1.82) is 0 Å². The number of rotatable bonds is 6. The summed E-state index contributed by atoms with van der Waals surface area (Å²) in [5.41, 5.74) is 7.41. The molecule has 8 heteroatoms. The van der Waals surface area contributed by atoms with Gasteiger partial charge in [-0.05, 0) is 35.9 Å². The van der Waals surface area contributed by atoms with Gasteiger partial charge in [0.25, 0.3) is 5.91 Å². The van der Waals surface area contributed by atoms with Gasteiger partial charge in [0.1, 0.15) is 12.3 Å². The minimum atomic E-state index is -0.656. The highest BCUT2D eigenvalue weighted by molar-refractivity contribution is 9.10. The molecule has 7 nitrogen and oxygen atoms in total. The van der Waals surface area contributed by atoms with E-state index in [0.29, 0.717) is 29.4 Å². The fraction of sp³-hybridized carbons (Fsp3) is 0.118. The van der Waals surface area contributed by atoms with Crippen LogP contribution < -0.4 is 15.2 Å². The molecule has 3 rings (SSSR count). The molecule has 0 bridgehead atoms. The number of nitrogens with zero attached hydrogens (tertiary/aromatic N) is 2. The Labute approximate surface area is 152 Å². The molecule has 0 aliphatic heterocycles. The zero-order valence-corrected chi connectivity index (χ0v) is 14.9. The highest BCUT2D eigenvalue weighted by Crippen LogP contribution is 2.33. The number of hydrogen-bond acceptors (Lipinski definition) is 5. The van der Waals surface area contributed by atoms with Crippen molar-refractivity contribution >= 4 is 21.8 Å². The van der Waals surface area contributed by atoms with Gasteiger partial charge < -0.3 is 15.2 Å². The Morgan fingerprint density at radius 1 is 1.16 bits per heavy atom. The number of aromatic amines is 1. The number of primary amides is 1. The van der Waals surface area contributed by atoms with E-state index >= 15 is 0 Å². The van der Waals surface area contributed by atoms with Crippen LogP contribution in [0.1, 0.15) is 16.1 Å². The molecule has 3 N–H and O–H groups in total. The molecule has 1 amide bonds. The first kappa shape index (κ1) is 17.0. The van der Waals surface area contributed by atoms with E-state index in [4.69, 9.17) is 15.2 Å². The van der Waals surface area contributed by atoms with Gasteiger partial charge in [-0.1, -0.05) is 28.1 Å². The molecule has 25 heavy (non-hydrogen) atoms. The highest BCUT2D eigenvalue weighted by Gasteiger charge is 2.17. The summed E-state index contributed by atoms with van der Waals surface area (Å²) in [7, 11) is 1.56. The maximum atomic E-state index is 11.4. The van der Waals surface area contributed by atoms with Gasteiger partial charge in [-0.3, -0.25) is 4.79 Å². The second kappa shape index (κ2) is 7.35. The predicted molar refractivity (Wildman–Crippen MR) is 95.4 cm³/mol. The van der Waals surface area contributed by atoms with Crippen molar-refractivity contribution in [3.05, 3.63) is 58.2 Å². The fourth-order valence-corrected chi connectivity index (χ4v) is 2.55. The standard InChI is InChI=1S/C17H15BrN4O3/c1-24-13-7-4-11(15-16(17(19)23)21-22-20-15)8-14(13)25-9-10-2-5-12(18)6-3-10/h2-8H,9H2,1H3,(H2,19,23)(H,20,21,22). The SMILES string of the molecule is COc1ccc(-c2n[nH]nc2C(N)=O)cc1OCc1ccc(Br)cc1. The zero-order chi connectivity index (χ0) is 17.8. The number of nitrogens with one attached hydrogen (secondary N) is 1. The number of halogens is 1. The van der Waals surface area contributed by atoms with Crippen molar-refractivity contribution in [3.63, 3.8) is 0 Å². The molecular weight excluding hydrogens is 388 g/mol. The first-order valence-electron chi connectivity index (χ1n) is 7.34. The van der Waals surface area contributed by atoms with Crippen molar-refractivity contribution in [3.8, 4) is 22.8 Å². The molecule has 128 valence electrons. The Morgan fingerprint density at radius 3 is 2.60 bits per heavy atom. The van der Waals surface area contributed by atoms with Crippen molar-refractivity contribution in [2.45, 2.75) is 6.61 Å². The summed E-state index contributed by atoms with van der Waals surface area (Å²) < 4.78 is 12.2. The summed E-state index contributed by atoms with van der Waals surface area (Å²) in [4.78, 5) is 11.4. The van der Waals surface area contributed by atoms with Crippen LogP contribution in [-0.2, 0) is 6.61 Å². The predicted octanol–water partition coefficient (Wildman–Crippen LogP) is 2.92. The normalized spacial score (nSPS) is 10.5. The molecule has 3 aromatic rings. The van der Waals surface area contributed by atoms with Crippen molar-refractivity contribution in [1.82, 2.24) is 15.4 Å². The number of amides is 1. The average Bonchev–Trinajstić information content (AvgIpc) is 3.11. The largest absolute Gasteiger partial charge is 0.493 e. The number of carbonyl (C=O) groups is 1. The molecule has 0 fully saturated rings. The monoisotopic (exact) mass is 402 g/mol. The van der Waals surface area contributed by atoms with Crippen LogP contribution in [0.4, 0.5) is 0 Å². The molecule has 1 heterocycles. The van der Waals surface area contributed by atoms with Crippen molar-refractivity contribution < 1.29 is 14.3 Å². The van der Waals surface area contributed by atoms with E-state index in [-0.39, 0.29) is 5.69 Å². The van der Waals surface area contributed by atoms with Gasteiger partial charge in [-0.25, -0.2) is 0 Å². The number of nitrogens with two attached hydrogens (primary N) is 1. The van der Waals surface area contributed by atoms with Gasteiger partial charge in [0.05, 0.1) is 7.11 Å². The number of benzene rings is 2. The minimum Gasteiger partial charge on any atom is -0.493 e. The van der Waals surface area contributed by atoms with Crippen molar-refractivity contribution in [2.75, 3.05) is 7.11 Å². The summed E-state index contributed by atoms with van der Waals surface area (Å²) in [5, 5.41) is 10.2. The van der Waals surface area contributed by atoms with Crippen LogP contribution >= 0.6 is 15.9 Å². The lowest BCUT2D eigenvalue weighted by Gasteiger charge is -2.12. The van der Waals surface area contributed by atoms with Crippen LogP contribution in [0, 0.1) is 0 Å². The lowest BCUT2D eigenvalue weighted by molar-refractivity contribution is 0.0996. The van der Waals surface area contributed by atoms with Crippen LogP contribution in [0.5, 0.6) is 11.5 Å². The van der Waals surface area contributed by atoms with Crippen LogP contribution in [-0.4, -0.2) is 28.4 Å². The molecular formula is C17H15BrN4O3. The molecule has 0 atom stereocenters. The quantitative estimate of drug-likeness (QED) is 0.659. The number of ether oxygens (including phenoxy) is 2. The van der Waals surface area contributed by atoms with Crippen LogP contribution in [0.3, 0.4) is 0 Å². The number of H-pyrrole nitrogens is 1. The van der Waals surface area contributed by atoms with Gasteiger partial charge in [-0.15, -0.1) is 0 Å². The fourth-order valence-electron chi connectivity index (χ4n) is 2.28. The summed E-state index contributed by atoms with van der Waals surface area (Å²) in [6.45, 7) is 0.370. The van der Waals surface area contributed by atoms with Gasteiger partial charge >= 0.3 is 0 Å². The van der Waals surface area contributed by atoms with E-state index in [1.807, 2.05) is 24.3 Å². The molecule has 1 aromatic heterocycles. The lowest BCUT2D eigenvalue weighted by Crippen LogP contribution is -2.12. The first-order valence-corrected chi connectivity index (χ1v) is 8.14. The van der Waals surface area contributed by atoms with E-state index in [0.717, 1.165) is 10.0 Å². The van der Waals surface area contributed by atoms with E-state index in [9.17, 15) is 4.79 Å².